The van der Waals surface area contributed by atoms with Gasteiger partial charge in [0.2, 0.25) is 10.0 Å². The van der Waals surface area contributed by atoms with Crippen molar-refractivity contribution in [2.45, 2.75) is 29.4 Å². The highest BCUT2D eigenvalue weighted by molar-refractivity contribution is 7.89. The predicted molar refractivity (Wildman–Crippen MR) is 74.7 cm³/mol. The van der Waals surface area contributed by atoms with Crippen LogP contribution in [-0.4, -0.2) is 49.6 Å². The topological polar surface area (TPSA) is 83.9 Å². The van der Waals surface area contributed by atoms with Gasteiger partial charge in [0.05, 0.1) is 6.10 Å². The van der Waals surface area contributed by atoms with Gasteiger partial charge in [-0.1, -0.05) is 11.6 Å². The maximum absolute atomic E-state index is 12.5. The van der Waals surface area contributed by atoms with Crippen LogP contribution in [-0.2, 0) is 19.6 Å². The number of rotatable bonds is 5. The van der Waals surface area contributed by atoms with E-state index in [1.807, 2.05) is 0 Å². The molecular formula is C11H14ClNO5S2. The highest BCUT2D eigenvalue weighted by Crippen LogP contribution is 2.43. The van der Waals surface area contributed by atoms with E-state index < -0.39 is 21.5 Å². The second kappa shape index (κ2) is 5.27. The molecule has 1 aromatic heterocycles. The van der Waals surface area contributed by atoms with Crippen molar-refractivity contribution < 1.29 is 23.1 Å². The summed E-state index contributed by atoms with van der Waals surface area (Å²) in [5.41, 5.74) is -1.47. The lowest BCUT2D eigenvalue weighted by Crippen LogP contribution is -2.64. The number of likely N-dealkylation sites (N-methyl/N-ethyl adjacent to an activating group) is 1. The largest absolute Gasteiger partial charge is 0.480 e. The van der Waals surface area contributed by atoms with E-state index in [1.54, 1.807) is 5.38 Å². The van der Waals surface area contributed by atoms with E-state index in [1.165, 1.54) is 20.2 Å². The molecule has 0 radical (unpaired) electrons. The number of carbonyl (C=O) groups is 1. The Balaban J connectivity index is 2.37. The summed E-state index contributed by atoms with van der Waals surface area (Å²) in [5.74, 6) is -1.18. The lowest BCUT2D eigenvalue weighted by Gasteiger charge is -2.47. The van der Waals surface area contributed by atoms with Gasteiger partial charge in [-0.25, -0.2) is 8.42 Å². The Bertz CT molecular complexity index is 621. The molecule has 0 atom stereocenters. The van der Waals surface area contributed by atoms with Crippen molar-refractivity contribution in [1.29, 1.82) is 0 Å². The average molecular weight is 340 g/mol. The third-order valence-corrected chi connectivity index (χ3v) is 7.07. The number of aliphatic carboxylic acids is 1. The smallest absolute Gasteiger partial charge is 0.325 e. The number of halogens is 1. The maximum atomic E-state index is 12.5. The van der Waals surface area contributed by atoms with Crippen molar-refractivity contribution in [2.24, 2.45) is 0 Å². The van der Waals surface area contributed by atoms with Crippen molar-refractivity contribution in [2.75, 3.05) is 14.2 Å². The minimum Gasteiger partial charge on any atom is -0.480 e. The first-order chi connectivity index (χ1) is 9.25. The third kappa shape index (κ3) is 2.25. The van der Waals surface area contributed by atoms with Crippen LogP contribution in [0.5, 0.6) is 0 Å². The van der Waals surface area contributed by atoms with Crippen LogP contribution in [0, 0.1) is 0 Å². The van der Waals surface area contributed by atoms with E-state index in [-0.39, 0.29) is 28.2 Å². The Morgan fingerprint density at radius 3 is 2.60 bits per heavy atom. The minimum absolute atomic E-state index is 0.0619. The molecule has 0 aliphatic heterocycles. The summed E-state index contributed by atoms with van der Waals surface area (Å²) < 4.78 is 31.1. The molecule has 1 heterocycles. The number of sulfonamides is 1. The van der Waals surface area contributed by atoms with Gasteiger partial charge in [-0.15, -0.1) is 11.3 Å². The number of hydrogen-bond acceptors (Lipinski definition) is 5. The zero-order valence-electron chi connectivity index (χ0n) is 10.9. The fraction of sp³-hybridized carbons (Fsp3) is 0.545. The number of nitrogens with zero attached hydrogens (tertiary/aromatic N) is 1. The van der Waals surface area contributed by atoms with Crippen LogP contribution in [0.15, 0.2) is 16.3 Å². The molecule has 0 unspecified atom stereocenters. The highest BCUT2D eigenvalue weighted by Gasteiger charge is 2.57. The molecule has 0 spiro atoms. The van der Waals surface area contributed by atoms with Crippen molar-refractivity contribution in [3.05, 3.63) is 15.8 Å². The summed E-state index contributed by atoms with van der Waals surface area (Å²) in [6.45, 7) is 0. The zero-order chi connectivity index (χ0) is 15.1. The van der Waals surface area contributed by atoms with Gasteiger partial charge in [0.15, 0.2) is 0 Å². The Kier molecular flexibility index (Phi) is 4.14. The quantitative estimate of drug-likeness (QED) is 0.881. The van der Waals surface area contributed by atoms with E-state index >= 15 is 0 Å². The van der Waals surface area contributed by atoms with Gasteiger partial charge in [0.25, 0.3) is 0 Å². The lowest BCUT2D eigenvalue weighted by atomic mass is 9.74. The van der Waals surface area contributed by atoms with E-state index in [2.05, 4.69) is 0 Å². The second-order valence-corrected chi connectivity index (χ2v) is 8.09. The fourth-order valence-corrected chi connectivity index (χ4v) is 5.26. The Morgan fingerprint density at radius 1 is 1.60 bits per heavy atom. The molecule has 2 rings (SSSR count). The van der Waals surface area contributed by atoms with Gasteiger partial charge < -0.3 is 9.84 Å². The molecule has 9 heteroatoms. The molecule has 1 saturated carbocycles. The number of thiophene rings is 1. The van der Waals surface area contributed by atoms with Gasteiger partial charge in [-0.05, 0) is 11.4 Å². The van der Waals surface area contributed by atoms with Gasteiger partial charge in [-0.3, -0.25) is 4.79 Å². The Hall–Kier alpha value is -0.670. The van der Waals surface area contributed by atoms with Gasteiger partial charge >= 0.3 is 5.97 Å². The Morgan fingerprint density at radius 2 is 2.20 bits per heavy atom. The molecular weight excluding hydrogens is 326 g/mol. The molecule has 0 aromatic carbocycles. The SMILES string of the molecule is COC1CC(C(=O)O)(N(C)S(=O)(=O)c2ccsc2Cl)C1. The number of ether oxygens (including phenoxy) is 1. The van der Waals surface area contributed by atoms with Crippen LogP contribution >= 0.6 is 22.9 Å². The Labute approximate surface area is 126 Å². The number of methoxy groups -OCH3 is 1. The summed E-state index contributed by atoms with van der Waals surface area (Å²) in [5, 5.41) is 11.0. The molecule has 1 aromatic rings. The van der Waals surface area contributed by atoms with Crippen molar-refractivity contribution in [3.63, 3.8) is 0 Å². The van der Waals surface area contributed by atoms with E-state index in [0.29, 0.717) is 0 Å². The van der Waals surface area contributed by atoms with Crippen LogP contribution in [0.25, 0.3) is 0 Å². The maximum Gasteiger partial charge on any atom is 0.325 e. The van der Waals surface area contributed by atoms with Crippen LogP contribution < -0.4 is 0 Å². The summed E-state index contributed by atoms with van der Waals surface area (Å²) >= 11 is 6.94. The van der Waals surface area contributed by atoms with Crippen LogP contribution in [0.3, 0.4) is 0 Å². The summed E-state index contributed by atoms with van der Waals surface area (Å²) in [4.78, 5) is 11.5. The molecule has 6 nitrogen and oxygen atoms in total. The third-order valence-electron chi connectivity index (χ3n) is 3.69. The first kappa shape index (κ1) is 15.7. The van der Waals surface area contributed by atoms with Crippen molar-refractivity contribution >= 4 is 38.9 Å². The summed E-state index contributed by atoms with van der Waals surface area (Å²) in [6, 6.07) is 1.38. The predicted octanol–water partition coefficient (Wildman–Crippen LogP) is 1.65. The molecule has 0 saturated heterocycles. The minimum atomic E-state index is -3.95. The van der Waals surface area contributed by atoms with E-state index in [0.717, 1.165) is 15.6 Å². The first-order valence-corrected chi connectivity index (χ1v) is 8.43. The van der Waals surface area contributed by atoms with Crippen molar-refractivity contribution in [1.82, 2.24) is 4.31 Å². The molecule has 1 N–H and O–H groups in total. The zero-order valence-corrected chi connectivity index (χ0v) is 13.3. The standard InChI is InChI=1S/C11H14ClNO5S2/c1-13(11(10(14)15)5-7(6-11)18-2)20(16,17)8-3-4-19-9(8)12/h3-4,7H,5-6H2,1-2H3,(H,14,15). The number of carboxylic acid groups (broad SMARTS) is 1. The molecule has 20 heavy (non-hydrogen) atoms. The van der Waals surface area contributed by atoms with Gasteiger partial charge in [-0.2, -0.15) is 4.31 Å². The molecule has 1 aliphatic rings. The lowest BCUT2D eigenvalue weighted by molar-refractivity contribution is -0.162. The highest BCUT2D eigenvalue weighted by atomic mass is 35.5. The molecule has 0 amide bonds. The van der Waals surface area contributed by atoms with Crippen LogP contribution in [0.1, 0.15) is 12.8 Å². The van der Waals surface area contributed by atoms with E-state index in [4.69, 9.17) is 16.3 Å². The fourth-order valence-electron chi connectivity index (χ4n) is 2.27. The van der Waals surface area contributed by atoms with Gasteiger partial charge in [0, 0.05) is 27.0 Å². The van der Waals surface area contributed by atoms with Crippen LogP contribution in [0.4, 0.5) is 0 Å². The van der Waals surface area contributed by atoms with Gasteiger partial charge in [0.1, 0.15) is 14.8 Å². The summed E-state index contributed by atoms with van der Waals surface area (Å²) in [7, 11) is -1.21. The number of carboxylic acids is 1. The monoisotopic (exact) mass is 339 g/mol. The molecule has 0 bridgehead atoms. The summed E-state index contributed by atoms with van der Waals surface area (Å²) in [6.07, 6.45) is -0.00573. The first-order valence-electron chi connectivity index (χ1n) is 5.74. The number of hydrogen-bond donors (Lipinski definition) is 1. The second-order valence-electron chi connectivity index (χ2n) is 4.63. The normalized spacial score (nSPS) is 26.5. The molecule has 112 valence electrons. The molecule has 1 fully saturated rings. The van der Waals surface area contributed by atoms with Crippen molar-refractivity contribution in [3.8, 4) is 0 Å². The van der Waals surface area contributed by atoms with E-state index in [9.17, 15) is 18.3 Å². The van der Waals surface area contributed by atoms with Crippen LogP contribution in [0.2, 0.25) is 4.34 Å². The average Bonchev–Trinajstić information content (AvgIpc) is 2.74. The molecule has 1 aliphatic carbocycles.